The molecule has 6 atom stereocenters. The lowest BCUT2D eigenvalue weighted by atomic mass is 9.94. The largest absolute Gasteiger partial charge is 0.508 e. The average Bonchev–Trinajstić information content (AvgIpc) is 2.47. The molecule has 0 spiro atoms. The molecule has 8 nitrogen and oxygen atoms in total. The van der Waals surface area contributed by atoms with Crippen LogP contribution in [0.2, 0.25) is 0 Å². The summed E-state index contributed by atoms with van der Waals surface area (Å²) in [6, 6.07) is 2.61. The van der Waals surface area contributed by atoms with Gasteiger partial charge in [0.2, 0.25) is 0 Å². The van der Waals surface area contributed by atoms with E-state index in [9.17, 15) is 25.5 Å². The van der Waals surface area contributed by atoms with Crippen LogP contribution in [0.3, 0.4) is 0 Å². The van der Waals surface area contributed by atoms with Gasteiger partial charge in [-0.1, -0.05) is 6.07 Å². The Balaban J connectivity index is 2.16. The van der Waals surface area contributed by atoms with E-state index < -0.39 is 43.3 Å². The quantitative estimate of drug-likeness (QED) is 0.358. The number of benzene rings is 1. The summed E-state index contributed by atoms with van der Waals surface area (Å²) in [5.41, 5.74) is 0.443. The van der Waals surface area contributed by atoms with Crippen LogP contribution in [0.25, 0.3) is 0 Å². The van der Waals surface area contributed by atoms with Gasteiger partial charge < -0.3 is 40.7 Å². The number of aliphatic hydroxyl groups is 4. The second-order valence-electron chi connectivity index (χ2n) is 5.39. The Morgan fingerprint density at radius 3 is 2.45 bits per heavy atom. The van der Waals surface area contributed by atoms with Crippen LogP contribution in [0.4, 0.5) is 0 Å². The third-order valence-corrected chi connectivity index (χ3v) is 3.83. The highest BCUT2D eigenvalue weighted by Gasteiger charge is 2.44. The van der Waals surface area contributed by atoms with Crippen LogP contribution in [0.15, 0.2) is 18.2 Å². The smallest absolute Gasteiger partial charge is 0.183 e. The topological polar surface area (TPSA) is 143 Å². The highest BCUT2D eigenvalue weighted by atomic mass is 16.6. The van der Waals surface area contributed by atoms with Gasteiger partial charge in [-0.25, -0.2) is 0 Å². The lowest BCUT2D eigenvalue weighted by molar-refractivity contribution is -0.263. The van der Waals surface area contributed by atoms with E-state index in [1.165, 1.54) is 18.2 Å². The summed E-state index contributed by atoms with van der Waals surface area (Å²) in [5.74, 6) is -0.231. The minimum absolute atomic E-state index is 0.0876. The van der Waals surface area contributed by atoms with Crippen LogP contribution in [0.1, 0.15) is 18.5 Å². The molecule has 124 valence electrons. The van der Waals surface area contributed by atoms with E-state index in [-0.39, 0.29) is 11.5 Å². The Hall–Kier alpha value is -1.42. The van der Waals surface area contributed by atoms with Crippen molar-refractivity contribution in [1.29, 1.82) is 0 Å². The van der Waals surface area contributed by atoms with Crippen LogP contribution in [0, 0.1) is 0 Å². The van der Waals surface area contributed by atoms with Crippen LogP contribution in [-0.2, 0) is 4.74 Å². The zero-order valence-corrected chi connectivity index (χ0v) is 12.0. The lowest BCUT2D eigenvalue weighted by Gasteiger charge is -2.41. The predicted octanol–water partition coefficient (Wildman–Crippen LogP) is -1.45. The number of phenols is 2. The average molecular weight is 315 g/mol. The molecule has 22 heavy (non-hydrogen) atoms. The summed E-state index contributed by atoms with van der Waals surface area (Å²) in [5, 5.41) is 60.8. The van der Waals surface area contributed by atoms with E-state index in [4.69, 9.17) is 9.84 Å². The van der Waals surface area contributed by atoms with Crippen molar-refractivity contribution in [3.05, 3.63) is 23.8 Å². The molecule has 0 saturated carbocycles. The van der Waals surface area contributed by atoms with Gasteiger partial charge in [-0.2, -0.15) is 0 Å². The van der Waals surface area contributed by atoms with Crippen molar-refractivity contribution >= 4 is 0 Å². The maximum Gasteiger partial charge on any atom is 0.183 e. The molecule has 0 bridgehead atoms. The van der Waals surface area contributed by atoms with Crippen molar-refractivity contribution in [3.8, 4) is 11.5 Å². The second kappa shape index (κ2) is 6.78. The van der Waals surface area contributed by atoms with Crippen LogP contribution < -0.4 is 5.32 Å². The van der Waals surface area contributed by atoms with Gasteiger partial charge in [0.25, 0.3) is 0 Å². The third-order valence-electron chi connectivity index (χ3n) is 3.83. The molecule has 0 aliphatic carbocycles. The van der Waals surface area contributed by atoms with E-state index in [1.807, 2.05) is 0 Å². The minimum Gasteiger partial charge on any atom is -0.508 e. The van der Waals surface area contributed by atoms with Gasteiger partial charge in [0.15, 0.2) is 6.29 Å². The summed E-state index contributed by atoms with van der Waals surface area (Å²) in [4.78, 5) is 0. The van der Waals surface area contributed by atoms with Gasteiger partial charge in [-0.3, -0.25) is 0 Å². The molecule has 1 aromatic carbocycles. The summed E-state index contributed by atoms with van der Waals surface area (Å²) in [7, 11) is 0. The number of hydrogen-bond donors (Lipinski definition) is 7. The van der Waals surface area contributed by atoms with E-state index >= 15 is 0 Å². The maximum absolute atomic E-state index is 10.1. The zero-order valence-electron chi connectivity index (χ0n) is 12.0. The van der Waals surface area contributed by atoms with Crippen molar-refractivity contribution in [1.82, 2.24) is 5.32 Å². The normalized spacial score (nSPS) is 33.6. The molecule has 0 aromatic heterocycles. The molecule has 1 aliphatic heterocycles. The Kier molecular flexibility index (Phi) is 5.22. The first kappa shape index (κ1) is 16.9. The van der Waals surface area contributed by atoms with Crippen LogP contribution in [0.5, 0.6) is 11.5 Å². The minimum atomic E-state index is -1.54. The molecule has 1 saturated heterocycles. The number of rotatable bonds is 4. The SMILES string of the molecule is C[C@@H](NC1C(O)C(O)OC(CO)C1O)c1ccc(O)cc1O. The first-order chi connectivity index (χ1) is 10.3. The maximum atomic E-state index is 10.1. The number of phenolic OH excluding ortho intramolecular Hbond substituents is 2. The molecule has 0 amide bonds. The summed E-state index contributed by atoms with van der Waals surface area (Å²) < 4.78 is 4.90. The van der Waals surface area contributed by atoms with Gasteiger partial charge in [0, 0.05) is 17.7 Å². The van der Waals surface area contributed by atoms with Crippen molar-refractivity contribution in [2.24, 2.45) is 0 Å². The molecule has 1 fully saturated rings. The fourth-order valence-corrected chi connectivity index (χ4v) is 2.58. The Labute approximate surface area is 127 Å². The number of nitrogens with one attached hydrogen (secondary N) is 1. The van der Waals surface area contributed by atoms with Gasteiger partial charge in [-0.05, 0) is 13.0 Å². The molecule has 2 rings (SSSR count). The molecule has 1 aromatic rings. The van der Waals surface area contributed by atoms with Gasteiger partial charge in [-0.15, -0.1) is 0 Å². The molecular weight excluding hydrogens is 294 g/mol. The molecule has 1 aliphatic rings. The number of aromatic hydroxyl groups is 2. The first-order valence-electron chi connectivity index (χ1n) is 6.93. The standard InChI is InChI=1S/C14H21NO7/c1-6(8-3-2-7(17)4-9(8)18)15-11-12(19)10(5-16)22-14(21)13(11)20/h2-4,6,10-21H,5H2,1H3/t6-,10?,11?,12?,13?,14?/m1/s1. The highest BCUT2D eigenvalue weighted by molar-refractivity contribution is 5.40. The second-order valence-corrected chi connectivity index (χ2v) is 5.39. The monoisotopic (exact) mass is 315 g/mol. The number of ether oxygens (including phenoxy) is 1. The number of hydrogen-bond acceptors (Lipinski definition) is 8. The molecule has 5 unspecified atom stereocenters. The van der Waals surface area contributed by atoms with E-state index in [0.29, 0.717) is 5.56 Å². The number of aliphatic hydroxyl groups excluding tert-OH is 4. The fraction of sp³-hybridized carbons (Fsp3) is 0.571. The van der Waals surface area contributed by atoms with Crippen molar-refractivity contribution in [3.63, 3.8) is 0 Å². The highest BCUT2D eigenvalue weighted by Crippen LogP contribution is 2.29. The molecule has 8 heteroatoms. The Morgan fingerprint density at radius 2 is 1.86 bits per heavy atom. The van der Waals surface area contributed by atoms with Crippen molar-refractivity contribution in [2.45, 2.75) is 43.6 Å². The third kappa shape index (κ3) is 3.32. The van der Waals surface area contributed by atoms with E-state index in [2.05, 4.69) is 5.32 Å². The first-order valence-corrected chi connectivity index (χ1v) is 6.93. The summed E-state index contributed by atoms with van der Waals surface area (Å²) in [6.07, 6.45) is -5.22. The van der Waals surface area contributed by atoms with Crippen LogP contribution >= 0.6 is 0 Å². The van der Waals surface area contributed by atoms with E-state index in [0.717, 1.165) is 0 Å². The molecule has 1 heterocycles. The predicted molar refractivity (Wildman–Crippen MR) is 75.1 cm³/mol. The summed E-state index contributed by atoms with van der Waals surface area (Å²) >= 11 is 0. The van der Waals surface area contributed by atoms with Crippen molar-refractivity contribution < 1.29 is 35.4 Å². The van der Waals surface area contributed by atoms with Gasteiger partial charge >= 0.3 is 0 Å². The lowest BCUT2D eigenvalue weighted by Crippen LogP contribution is -2.63. The fourth-order valence-electron chi connectivity index (χ4n) is 2.58. The Bertz CT molecular complexity index is 512. The molecule has 0 radical (unpaired) electrons. The van der Waals surface area contributed by atoms with Gasteiger partial charge in [0.1, 0.15) is 29.8 Å². The van der Waals surface area contributed by atoms with Gasteiger partial charge in [0.05, 0.1) is 12.6 Å². The van der Waals surface area contributed by atoms with Crippen LogP contribution in [-0.4, -0.2) is 67.9 Å². The zero-order chi connectivity index (χ0) is 16.4. The molecular formula is C14H21NO7. The van der Waals surface area contributed by atoms with E-state index in [1.54, 1.807) is 6.92 Å². The Morgan fingerprint density at radius 1 is 1.18 bits per heavy atom. The van der Waals surface area contributed by atoms with Crippen molar-refractivity contribution in [2.75, 3.05) is 6.61 Å². The summed E-state index contributed by atoms with van der Waals surface area (Å²) in [6.45, 7) is 1.17. The molecule has 7 N–H and O–H groups in total.